The number of carbonyl (C=O) groups excluding carboxylic acids is 1. The van der Waals surface area contributed by atoms with E-state index in [2.05, 4.69) is 41.0 Å². The molecule has 2 aliphatic rings. The number of rotatable bonds is 7. The molecule has 1 aromatic heterocycles. The Morgan fingerprint density at radius 1 is 1.26 bits per heavy atom. The lowest BCUT2D eigenvalue weighted by atomic mass is 9.86. The van der Waals surface area contributed by atoms with Crippen molar-refractivity contribution >= 4 is 11.9 Å². The van der Waals surface area contributed by atoms with Crippen LogP contribution >= 0.6 is 0 Å². The van der Waals surface area contributed by atoms with Crippen LogP contribution in [0.15, 0.2) is 6.20 Å². The summed E-state index contributed by atoms with van der Waals surface area (Å²) in [4.78, 5) is 26.5. The van der Waals surface area contributed by atoms with Gasteiger partial charge in [0.25, 0.3) is 0 Å². The Labute approximate surface area is 163 Å². The highest BCUT2D eigenvalue weighted by molar-refractivity contribution is 5.79. The smallest absolute Gasteiger partial charge is 0.225 e. The zero-order valence-corrected chi connectivity index (χ0v) is 17.2. The minimum absolute atomic E-state index is 0.0675. The monoisotopic (exact) mass is 373 g/mol. The SMILES string of the molecule is CCN(CC)c1ncc2c(n1)CCC(C(=O)NCCC1CCN(C)CC1)C2. The summed E-state index contributed by atoms with van der Waals surface area (Å²) < 4.78 is 0. The Bertz CT molecular complexity index is 623. The first kappa shape index (κ1) is 20.1. The molecule has 2 heterocycles. The quantitative estimate of drug-likeness (QED) is 0.794. The Morgan fingerprint density at radius 2 is 2.00 bits per heavy atom. The summed E-state index contributed by atoms with van der Waals surface area (Å²) >= 11 is 0. The molecular formula is C21H35N5O. The molecule has 0 spiro atoms. The second-order valence-electron chi connectivity index (χ2n) is 8.08. The molecule has 3 rings (SSSR count). The molecule has 1 amide bonds. The largest absolute Gasteiger partial charge is 0.356 e. The van der Waals surface area contributed by atoms with Gasteiger partial charge in [0.15, 0.2) is 0 Å². The number of amides is 1. The van der Waals surface area contributed by atoms with Crippen molar-refractivity contribution in [1.29, 1.82) is 0 Å². The first-order valence-corrected chi connectivity index (χ1v) is 10.7. The van der Waals surface area contributed by atoms with Gasteiger partial charge in [-0.15, -0.1) is 0 Å². The predicted octanol–water partition coefficient (Wildman–Crippen LogP) is 2.28. The van der Waals surface area contributed by atoms with Crippen molar-refractivity contribution in [3.05, 3.63) is 17.5 Å². The normalized spacial score (nSPS) is 20.9. The maximum absolute atomic E-state index is 12.6. The molecule has 1 aliphatic carbocycles. The molecule has 6 nitrogen and oxygen atoms in total. The second-order valence-corrected chi connectivity index (χ2v) is 8.08. The Hall–Kier alpha value is -1.69. The van der Waals surface area contributed by atoms with E-state index in [0.717, 1.165) is 68.4 Å². The van der Waals surface area contributed by atoms with Crippen molar-refractivity contribution in [2.45, 2.75) is 52.4 Å². The lowest BCUT2D eigenvalue weighted by Gasteiger charge is -2.29. The van der Waals surface area contributed by atoms with Gasteiger partial charge in [0, 0.05) is 37.4 Å². The first-order chi connectivity index (χ1) is 13.1. The van der Waals surface area contributed by atoms with Gasteiger partial charge in [-0.05, 0) is 84.0 Å². The van der Waals surface area contributed by atoms with Gasteiger partial charge in [0.05, 0.1) is 0 Å². The Kier molecular flexibility index (Phi) is 7.05. The van der Waals surface area contributed by atoms with E-state index in [1.807, 2.05) is 6.20 Å². The van der Waals surface area contributed by atoms with E-state index in [0.29, 0.717) is 0 Å². The Balaban J connectivity index is 1.48. The van der Waals surface area contributed by atoms with Crippen LogP contribution in [0.25, 0.3) is 0 Å². The van der Waals surface area contributed by atoms with E-state index in [-0.39, 0.29) is 11.8 Å². The van der Waals surface area contributed by atoms with Crippen molar-refractivity contribution in [2.24, 2.45) is 11.8 Å². The number of nitrogens with zero attached hydrogens (tertiary/aromatic N) is 4. The van der Waals surface area contributed by atoms with Crippen LogP contribution in [0.2, 0.25) is 0 Å². The van der Waals surface area contributed by atoms with E-state index in [1.165, 1.54) is 25.9 Å². The molecule has 0 bridgehead atoms. The molecule has 27 heavy (non-hydrogen) atoms. The van der Waals surface area contributed by atoms with Crippen LogP contribution in [0, 0.1) is 11.8 Å². The van der Waals surface area contributed by atoms with Crippen LogP contribution in [0.3, 0.4) is 0 Å². The lowest BCUT2D eigenvalue weighted by molar-refractivity contribution is -0.125. The molecule has 0 radical (unpaired) electrons. The van der Waals surface area contributed by atoms with Crippen LogP contribution < -0.4 is 10.2 Å². The number of hydrogen-bond donors (Lipinski definition) is 1. The third-order valence-corrected chi connectivity index (χ3v) is 6.24. The van der Waals surface area contributed by atoms with Crippen molar-refractivity contribution in [2.75, 3.05) is 44.7 Å². The number of fused-ring (bicyclic) bond motifs is 1. The molecule has 1 saturated heterocycles. The number of carbonyl (C=O) groups is 1. The average molecular weight is 374 g/mol. The van der Waals surface area contributed by atoms with E-state index in [1.54, 1.807) is 0 Å². The summed E-state index contributed by atoms with van der Waals surface area (Å²) in [5.41, 5.74) is 2.27. The van der Waals surface area contributed by atoms with E-state index in [4.69, 9.17) is 4.98 Å². The fraction of sp³-hybridized carbons (Fsp3) is 0.762. The van der Waals surface area contributed by atoms with E-state index >= 15 is 0 Å². The highest BCUT2D eigenvalue weighted by Gasteiger charge is 2.26. The summed E-state index contributed by atoms with van der Waals surface area (Å²) in [6.45, 7) is 9.26. The third kappa shape index (κ3) is 5.18. The van der Waals surface area contributed by atoms with Gasteiger partial charge < -0.3 is 15.1 Å². The number of likely N-dealkylation sites (tertiary alicyclic amines) is 1. The van der Waals surface area contributed by atoms with E-state index < -0.39 is 0 Å². The molecule has 1 unspecified atom stereocenters. The molecule has 6 heteroatoms. The van der Waals surface area contributed by atoms with Crippen molar-refractivity contribution < 1.29 is 4.79 Å². The fourth-order valence-corrected chi connectivity index (χ4v) is 4.27. The van der Waals surface area contributed by atoms with Gasteiger partial charge in [-0.25, -0.2) is 9.97 Å². The van der Waals surface area contributed by atoms with Crippen molar-refractivity contribution in [3.63, 3.8) is 0 Å². The molecule has 1 atom stereocenters. The average Bonchev–Trinajstić information content (AvgIpc) is 2.70. The topological polar surface area (TPSA) is 61.4 Å². The van der Waals surface area contributed by atoms with Gasteiger partial charge in [-0.2, -0.15) is 0 Å². The zero-order chi connectivity index (χ0) is 19.2. The molecule has 0 saturated carbocycles. The van der Waals surface area contributed by atoms with Crippen molar-refractivity contribution in [3.8, 4) is 0 Å². The number of hydrogen-bond acceptors (Lipinski definition) is 5. The number of anilines is 1. The molecule has 0 aromatic carbocycles. The van der Waals surface area contributed by atoms with Gasteiger partial charge in [0.1, 0.15) is 0 Å². The third-order valence-electron chi connectivity index (χ3n) is 6.24. The molecule has 1 N–H and O–H groups in total. The maximum Gasteiger partial charge on any atom is 0.225 e. The van der Waals surface area contributed by atoms with Gasteiger partial charge in [-0.1, -0.05) is 0 Å². The number of aromatic nitrogens is 2. The van der Waals surface area contributed by atoms with Crippen LogP contribution in [-0.2, 0) is 17.6 Å². The number of aryl methyl sites for hydroxylation is 1. The second kappa shape index (κ2) is 9.49. The summed E-state index contributed by atoms with van der Waals surface area (Å²) in [5.74, 6) is 1.86. The zero-order valence-electron chi connectivity index (χ0n) is 17.2. The maximum atomic E-state index is 12.6. The molecular weight excluding hydrogens is 338 g/mol. The summed E-state index contributed by atoms with van der Waals surface area (Å²) in [7, 11) is 2.19. The molecule has 1 fully saturated rings. The summed E-state index contributed by atoms with van der Waals surface area (Å²) in [6, 6.07) is 0. The van der Waals surface area contributed by atoms with Gasteiger partial charge in [0.2, 0.25) is 11.9 Å². The minimum Gasteiger partial charge on any atom is -0.356 e. The summed E-state index contributed by atoms with van der Waals surface area (Å²) in [5, 5.41) is 3.19. The molecule has 150 valence electrons. The molecule has 1 aliphatic heterocycles. The van der Waals surface area contributed by atoms with Crippen LogP contribution in [0.4, 0.5) is 5.95 Å². The standard InChI is InChI=1S/C21H35N5O/c1-4-26(5-2)21-23-15-18-14-17(6-7-19(18)24-21)20(27)22-11-8-16-9-12-25(3)13-10-16/h15-17H,4-14H2,1-3H3,(H,22,27). The number of piperidine rings is 1. The number of nitrogens with one attached hydrogen (secondary N) is 1. The van der Waals surface area contributed by atoms with E-state index in [9.17, 15) is 4.79 Å². The minimum atomic E-state index is 0.0675. The summed E-state index contributed by atoms with van der Waals surface area (Å²) in [6.07, 6.45) is 8.10. The van der Waals surface area contributed by atoms with Crippen molar-refractivity contribution in [1.82, 2.24) is 20.2 Å². The lowest BCUT2D eigenvalue weighted by Crippen LogP contribution is -2.37. The first-order valence-electron chi connectivity index (χ1n) is 10.7. The van der Waals surface area contributed by atoms with Crippen LogP contribution in [0.5, 0.6) is 0 Å². The Morgan fingerprint density at radius 3 is 2.70 bits per heavy atom. The van der Waals surface area contributed by atoms with Gasteiger partial charge >= 0.3 is 0 Å². The highest BCUT2D eigenvalue weighted by atomic mass is 16.1. The van der Waals surface area contributed by atoms with Crippen LogP contribution in [-0.4, -0.2) is 60.5 Å². The predicted molar refractivity (Wildman–Crippen MR) is 109 cm³/mol. The fourth-order valence-electron chi connectivity index (χ4n) is 4.27. The molecule has 1 aromatic rings. The van der Waals surface area contributed by atoms with Crippen LogP contribution in [0.1, 0.15) is 50.8 Å². The highest BCUT2D eigenvalue weighted by Crippen LogP contribution is 2.25. The van der Waals surface area contributed by atoms with Gasteiger partial charge in [-0.3, -0.25) is 4.79 Å².